The Morgan fingerprint density at radius 3 is 2.42 bits per heavy atom. The molecule has 1 N–H and O–H groups in total. The molecule has 0 bridgehead atoms. The normalized spacial score (nSPS) is 16.9. The zero-order valence-electron chi connectivity index (χ0n) is 14.1. The molecule has 0 saturated carbocycles. The Hall–Kier alpha value is -1.35. The molecule has 0 aromatic heterocycles. The van der Waals surface area contributed by atoms with Crippen LogP contribution in [0.4, 0.5) is 0 Å². The Morgan fingerprint density at radius 2 is 1.71 bits per heavy atom. The van der Waals surface area contributed by atoms with Gasteiger partial charge in [0, 0.05) is 24.8 Å². The maximum absolute atomic E-state index is 5.94. The lowest BCUT2D eigenvalue weighted by atomic mass is 9.79. The largest absolute Gasteiger partial charge is 0.381 e. The Balaban J connectivity index is 1.54. The predicted molar refractivity (Wildman–Crippen MR) is 101 cm³/mol. The first-order valence-corrected chi connectivity index (χ1v) is 9.28. The van der Waals surface area contributed by atoms with E-state index in [1.165, 1.54) is 30.4 Å². The van der Waals surface area contributed by atoms with Crippen molar-refractivity contribution >= 4 is 11.6 Å². The van der Waals surface area contributed by atoms with E-state index in [0.29, 0.717) is 5.92 Å². The molecular formula is C21H26ClNO. The maximum Gasteiger partial charge on any atom is 0.0468 e. The Bertz CT molecular complexity index is 593. The van der Waals surface area contributed by atoms with Gasteiger partial charge in [0.05, 0.1) is 0 Å². The minimum absolute atomic E-state index is 0.618. The number of hydrogen-bond donors (Lipinski definition) is 1. The first-order chi connectivity index (χ1) is 11.8. The highest BCUT2D eigenvalue weighted by atomic mass is 35.5. The van der Waals surface area contributed by atoms with Gasteiger partial charge in [-0.05, 0) is 60.9 Å². The summed E-state index contributed by atoms with van der Waals surface area (Å²) < 4.78 is 5.55. The van der Waals surface area contributed by atoms with Gasteiger partial charge in [0.1, 0.15) is 0 Å². The van der Waals surface area contributed by atoms with Crippen LogP contribution >= 0.6 is 11.6 Å². The molecule has 1 unspecified atom stereocenters. The van der Waals surface area contributed by atoms with Gasteiger partial charge < -0.3 is 10.1 Å². The van der Waals surface area contributed by atoms with Crippen molar-refractivity contribution in [2.24, 2.45) is 5.92 Å². The van der Waals surface area contributed by atoms with E-state index in [4.69, 9.17) is 16.3 Å². The molecule has 0 amide bonds. The molecule has 3 heteroatoms. The van der Waals surface area contributed by atoms with Crippen molar-refractivity contribution in [1.29, 1.82) is 0 Å². The summed E-state index contributed by atoms with van der Waals surface area (Å²) in [5.41, 5.74) is 2.75. The minimum atomic E-state index is 0.618. The van der Waals surface area contributed by atoms with Crippen LogP contribution in [0.1, 0.15) is 36.3 Å². The Morgan fingerprint density at radius 1 is 1.00 bits per heavy atom. The van der Waals surface area contributed by atoms with Crippen molar-refractivity contribution in [3.05, 3.63) is 70.7 Å². The molecular weight excluding hydrogens is 318 g/mol. The van der Waals surface area contributed by atoms with Crippen LogP contribution in [0.25, 0.3) is 0 Å². The molecule has 1 fully saturated rings. The van der Waals surface area contributed by atoms with Crippen LogP contribution in [0, 0.1) is 5.92 Å². The Labute approximate surface area is 150 Å². The zero-order valence-corrected chi connectivity index (χ0v) is 14.8. The van der Waals surface area contributed by atoms with Crippen LogP contribution in [0.2, 0.25) is 5.02 Å². The SMILES string of the molecule is Clc1ccc(CNCCC(c2ccccc2)C2CCOCC2)cc1. The molecule has 2 nitrogen and oxygen atoms in total. The summed E-state index contributed by atoms with van der Waals surface area (Å²) in [6, 6.07) is 19.0. The van der Waals surface area contributed by atoms with E-state index in [9.17, 15) is 0 Å². The monoisotopic (exact) mass is 343 g/mol. The van der Waals surface area contributed by atoms with E-state index in [0.717, 1.165) is 37.2 Å². The molecule has 24 heavy (non-hydrogen) atoms. The number of nitrogens with one attached hydrogen (secondary N) is 1. The topological polar surface area (TPSA) is 21.3 Å². The third-order valence-corrected chi connectivity index (χ3v) is 5.19. The van der Waals surface area contributed by atoms with Gasteiger partial charge in [0.2, 0.25) is 0 Å². The lowest BCUT2D eigenvalue weighted by Crippen LogP contribution is -2.25. The van der Waals surface area contributed by atoms with Gasteiger partial charge in [-0.15, -0.1) is 0 Å². The lowest BCUT2D eigenvalue weighted by Gasteiger charge is -2.31. The van der Waals surface area contributed by atoms with Gasteiger partial charge in [-0.25, -0.2) is 0 Å². The fourth-order valence-corrected chi connectivity index (χ4v) is 3.71. The van der Waals surface area contributed by atoms with Crippen molar-refractivity contribution in [2.75, 3.05) is 19.8 Å². The number of halogens is 1. The van der Waals surface area contributed by atoms with Crippen LogP contribution in [-0.2, 0) is 11.3 Å². The molecule has 1 aliphatic heterocycles. The van der Waals surface area contributed by atoms with E-state index in [1.807, 2.05) is 12.1 Å². The fraction of sp³-hybridized carbons (Fsp3) is 0.429. The number of hydrogen-bond acceptors (Lipinski definition) is 2. The van der Waals surface area contributed by atoms with E-state index in [-0.39, 0.29) is 0 Å². The van der Waals surface area contributed by atoms with E-state index >= 15 is 0 Å². The first-order valence-electron chi connectivity index (χ1n) is 8.91. The molecule has 1 aliphatic rings. The van der Waals surface area contributed by atoms with Gasteiger partial charge in [-0.2, -0.15) is 0 Å². The molecule has 128 valence electrons. The average Bonchev–Trinajstić information content (AvgIpc) is 2.65. The summed E-state index contributed by atoms with van der Waals surface area (Å²) in [6.45, 7) is 3.74. The third-order valence-electron chi connectivity index (χ3n) is 4.94. The summed E-state index contributed by atoms with van der Waals surface area (Å²) in [6.07, 6.45) is 3.52. The molecule has 2 aromatic carbocycles. The molecule has 1 heterocycles. The summed E-state index contributed by atoms with van der Waals surface area (Å²) in [4.78, 5) is 0. The predicted octanol–water partition coefficient (Wildman–Crippen LogP) is 5.03. The molecule has 0 aliphatic carbocycles. The highest BCUT2D eigenvalue weighted by Gasteiger charge is 2.24. The quantitative estimate of drug-likeness (QED) is 0.712. The second kappa shape index (κ2) is 9.22. The van der Waals surface area contributed by atoms with Gasteiger partial charge >= 0.3 is 0 Å². The second-order valence-electron chi connectivity index (χ2n) is 6.56. The van der Waals surface area contributed by atoms with Gasteiger partial charge in [-0.1, -0.05) is 54.1 Å². The fourth-order valence-electron chi connectivity index (χ4n) is 3.59. The van der Waals surface area contributed by atoms with Crippen molar-refractivity contribution in [2.45, 2.75) is 31.7 Å². The highest BCUT2D eigenvalue weighted by molar-refractivity contribution is 6.30. The van der Waals surface area contributed by atoms with Crippen molar-refractivity contribution < 1.29 is 4.74 Å². The van der Waals surface area contributed by atoms with Crippen LogP contribution in [0.5, 0.6) is 0 Å². The molecule has 0 spiro atoms. The standard InChI is InChI=1S/C21H26ClNO/c22-20-8-6-17(7-9-20)16-23-13-10-21(18-4-2-1-3-5-18)19-11-14-24-15-12-19/h1-9,19,21,23H,10-16H2. The summed E-state index contributed by atoms with van der Waals surface area (Å²) in [7, 11) is 0. The van der Waals surface area contributed by atoms with Crippen LogP contribution < -0.4 is 5.32 Å². The average molecular weight is 344 g/mol. The smallest absolute Gasteiger partial charge is 0.0468 e. The van der Waals surface area contributed by atoms with Gasteiger partial charge in [0.15, 0.2) is 0 Å². The minimum Gasteiger partial charge on any atom is -0.381 e. The van der Waals surface area contributed by atoms with Crippen molar-refractivity contribution in [1.82, 2.24) is 5.32 Å². The molecule has 3 rings (SSSR count). The molecule has 0 radical (unpaired) electrons. The highest BCUT2D eigenvalue weighted by Crippen LogP contribution is 2.34. The number of rotatable bonds is 7. The van der Waals surface area contributed by atoms with Gasteiger partial charge in [-0.3, -0.25) is 0 Å². The zero-order chi connectivity index (χ0) is 16.6. The van der Waals surface area contributed by atoms with Crippen LogP contribution in [0.15, 0.2) is 54.6 Å². The summed E-state index contributed by atoms with van der Waals surface area (Å²) in [5, 5.41) is 4.38. The van der Waals surface area contributed by atoms with E-state index in [1.54, 1.807) is 0 Å². The third kappa shape index (κ3) is 5.07. The Kier molecular flexibility index (Phi) is 6.71. The van der Waals surface area contributed by atoms with Crippen LogP contribution in [0.3, 0.4) is 0 Å². The maximum atomic E-state index is 5.94. The van der Waals surface area contributed by atoms with E-state index in [2.05, 4.69) is 47.8 Å². The summed E-state index contributed by atoms with van der Waals surface area (Å²) >= 11 is 5.94. The number of ether oxygens (including phenoxy) is 1. The molecule has 1 saturated heterocycles. The van der Waals surface area contributed by atoms with Crippen molar-refractivity contribution in [3.63, 3.8) is 0 Å². The summed E-state index contributed by atoms with van der Waals surface area (Å²) in [5.74, 6) is 1.35. The first kappa shape index (κ1) is 17.5. The lowest BCUT2D eigenvalue weighted by molar-refractivity contribution is 0.0567. The number of benzene rings is 2. The van der Waals surface area contributed by atoms with Crippen LogP contribution in [-0.4, -0.2) is 19.8 Å². The van der Waals surface area contributed by atoms with Crippen molar-refractivity contribution in [3.8, 4) is 0 Å². The second-order valence-corrected chi connectivity index (χ2v) is 7.00. The molecule has 2 aromatic rings. The van der Waals surface area contributed by atoms with Gasteiger partial charge in [0.25, 0.3) is 0 Å². The molecule has 1 atom stereocenters. The van der Waals surface area contributed by atoms with E-state index < -0.39 is 0 Å².